The van der Waals surface area contributed by atoms with Gasteiger partial charge in [0.1, 0.15) is 0 Å². The van der Waals surface area contributed by atoms with Gasteiger partial charge in [-0.3, -0.25) is 4.79 Å². The maximum Gasteiger partial charge on any atom is 0.338 e. The first-order valence-electron chi connectivity index (χ1n) is 7.88. The van der Waals surface area contributed by atoms with E-state index in [-0.39, 0.29) is 11.5 Å². The van der Waals surface area contributed by atoms with Crippen LogP contribution in [0, 0.1) is 6.92 Å². The number of ether oxygens (including phenoxy) is 1. The van der Waals surface area contributed by atoms with E-state index in [0.717, 1.165) is 11.1 Å². The number of carbonyl (C=O) groups is 2. The van der Waals surface area contributed by atoms with Gasteiger partial charge in [-0.05, 0) is 43.2 Å². The molecule has 138 valence electrons. The Labute approximate surface area is 152 Å². The highest BCUT2D eigenvalue weighted by Crippen LogP contribution is 2.09. The van der Waals surface area contributed by atoms with E-state index in [9.17, 15) is 18.0 Å². The van der Waals surface area contributed by atoms with Crippen molar-refractivity contribution in [2.45, 2.75) is 18.2 Å². The monoisotopic (exact) mass is 376 g/mol. The van der Waals surface area contributed by atoms with E-state index in [1.54, 1.807) is 36.4 Å². The molecule has 0 radical (unpaired) electrons. The molecule has 0 fully saturated rings. The van der Waals surface area contributed by atoms with Gasteiger partial charge in [-0.25, -0.2) is 18.4 Å². The number of sulfonamides is 1. The molecule has 0 saturated heterocycles. The Morgan fingerprint density at radius 2 is 1.65 bits per heavy atom. The van der Waals surface area contributed by atoms with Gasteiger partial charge in [-0.2, -0.15) is 0 Å². The molecule has 0 aliphatic carbocycles. The zero-order valence-electron chi connectivity index (χ0n) is 14.3. The van der Waals surface area contributed by atoms with Crippen molar-refractivity contribution in [3.63, 3.8) is 0 Å². The van der Waals surface area contributed by atoms with Crippen LogP contribution in [0.5, 0.6) is 0 Å². The van der Waals surface area contributed by atoms with Crippen LogP contribution in [0.2, 0.25) is 0 Å². The van der Waals surface area contributed by atoms with Crippen LogP contribution in [0.4, 0.5) is 0 Å². The smallest absolute Gasteiger partial charge is 0.338 e. The van der Waals surface area contributed by atoms with Gasteiger partial charge in [-0.1, -0.05) is 29.8 Å². The molecule has 26 heavy (non-hydrogen) atoms. The molecule has 0 bridgehead atoms. The average molecular weight is 376 g/mol. The molecular formula is C18H20N2O5S. The summed E-state index contributed by atoms with van der Waals surface area (Å²) < 4.78 is 27.3. The number of nitrogens with one attached hydrogen (secondary N) is 1. The largest absolute Gasteiger partial charge is 0.452 e. The maximum atomic E-state index is 11.8. The van der Waals surface area contributed by atoms with E-state index >= 15 is 0 Å². The Bertz CT molecular complexity index is 875. The van der Waals surface area contributed by atoms with E-state index in [0.29, 0.717) is 18.5 Å². The first-order chi connectivity index (χ1) is 12.3. The number of hydrogen-bond donors (Lipinski definition) is 2. The molecule has 0 unspecified atom stereocenters. The molecule has 0 aromatic heterocycles. The lowest BCUT2D eigenvalue weighted by atomic mass is 10.1. The standard InChI is InChI=1S/C18H20N2O5S/c1-13-2-6-15(7-3-13)18(22)25-12-17(21)20-11-10-14-4-8-16(9-5-14)26(19,23)24/h2-9H,10-12H2,1H3,(H,20,21)(H2,19,23,24). The van der Waals surface area contributed by atoms with Crippen LogP contribution in [-0.2, 0) is 26.0 Å². The lowest BCUT2D eigenvalue weighted by Crippen LogP contribution is -2.30. The van der Waals surface area contributed by atoms with Crippen molar-refractivity contribution in [2.75, 3.05) is 13.2 Å². The first-order valence-corrected chi connectivity index (χ1v) is 9.42. The van der Waals surface area contributed by atoms with Gasteiger partial charge in [0.05, 0.1) is 10.5 Å². The second-order valence-corrected chi connectivity index (χ2v) is 7.29. The van der Waals surface area contributed by atoms with E-state index < -0.39 is 21.9 Å². The highest BCUT2D eigenvalue weighted by atomic mass is 32.2. The van der Waals surface area contributed by atoms with Crippen LogP contribution < -0.4 is 10.5 Å². The Morgan fingerprint density at radius 3 is 2.23 bits per heavy atom. The molecule has 0 saturated carbocycles. The Balaban J connectivity index is 1.73. The SMILES string of the molecule is Cc1ccc(C(=O)OCC(=O)NCCc2ccc(S(N)(=O)=O)cc2)cc1. The normalized spacial score (nSPS) is 11.0. The first kappa shape index (κ1) is 19.6. The molecule has 0 aliphatic heterocycles. The lowest BCUT2D eigenvalue weighted by molar-refractivity contribution is -0.124. The van der Waals surface area contributed by atoms with Gasteiger partial charge in [-0.15, -0.1) is 0 Å². The summed E-state index contributed by atoms with van der Waals surface area (Å²) in [4.78, 5) is 23.6. The van der Waals surface area contributed by atoms with Crippen molar-refractivity contribution in [3.8, 4) is 0 Å². The quantitative estimate of drug-likeness (QED) is 0.704. The zero-order valence-corrected chi connectivity index (χ0v) is 15.1. The summed E-state index contributed by atoms with van der Waals surface area (Å²) in [6, 6.07) is 12.9. The highest BCUT2D eigenvalue weighted by molar-refractivity contribution is 7.89. The summed E-state index contributed by atoms with van der Waals surface area (Å²) >= 11 is 0. The summed E-state index contributed by atoms with van der Waals surface area (Å²) in [6.45, 7) is 1.87. The number of carbonyl (C=O) groups excluding carboxylic acids is 2. The molecule has 1 amide bonds. The maximum absolute atomic E-state index is 11.8. The van der Waals surface area contributed by atoms with Gasteiger partial charge < -0.3 is 10.1 Å². The highest BCUT2D eigenvalue weighted by Gasteiger charge is 2.10. The van der Waals surface area contributed by atoms with Crippen LogP contribution >= 0.6 is 0 Å². The van der Waals surface area contributed by atoms with Crippen molar-refractivity contribution in [3.05, 3.63) is 65.2 Å². The number of hydrogen-bond acceptors (Lipinski definition) is 5. The van der Waals surface area contributed by atoms with Crippen LogP contribution in [-0.4, -0.2) is 33.4 Å². The van der Waals surface area contributed by atoms with Gasteiger partial charge >= 0.3 is 5.97 Å². The number of primary sulfonamides is 1. The Kier molecular flexibility index (Phi) is 6.48. The summed E-state index contributed by atoms with van der Waals surface area (Å²) in [7, 11) is -3.71. The summed E-state index contributed by atoms with van der Waals surface area (Å²) in [5, 5.41) is 7.66. The summed E-state index contributed by atoms with van der Waals surface area (Å²) in [5.74, 6) is -0.967. The van der Waals surface area contributed by atoms with E-state index in [1.165, 1.54) is 12.1 Å². The van der Waals surface area contributed by atoms with E-state index in [1.807, 2.05) is 6.92 Å². The van der Waals surface area contributed by atoms with Crippen LogP contribution in [0.25, 0.3) is 0 Å². The molecule has 2 rings (SSSR count). The minimum atomic E-state index is -3.71. The van der Waals surface area contributed by atoms with Crippen molar-refractivity contribution < 1.29 is 22.7 Å². The molecule has 2 aromatic carbocycles. The van der Waals surface area contributed by atoms with Crippen LogP contribution in [0.3, 0.4) is 0 Å². The number of aryl methyl sites for hydroxylation is 1. The fourth-order valence-corrected chi connectivity index (χ4v) is 2.66. The third kappa shape index (κ3) is 5.98. The summed E-state index contributed by atoms with van der Waals surface area (Å²) in [5.41, 5.74) is 2.25. The molecule has 0 aliphatic rings. The Hall–Kier alpha value is -2.71. The van der Waals surface area contributed by atoms with E-state index in [2.05, 4.69) is 5.32 Å². The zero-order chi connectivity index (χ0) is 19.2. The fraction of sp³-hybridized carbons (Fsp3) is 0.222. The minimum absolute atomic E-state index is 0.0355. The molecule has 0 atom stereocenters. The molecule has 2 aromatic rings. The molecule has 8 heteroatoms. The second-order valence-electron chi connectivity index (χ2n) is 5.73. The van der Waals surface area contributed by atoms with Crippen LogP contribution in [0.15, 0.2) is 53.4 Å². The molecule has 0 heterocycles. The lowest BCUT2D eigenvalue weighted by Gasteiger charge is -2.07. The predicted octanol–water partition coefficient (Wildman–Crippen LogP) is 1.16. The van der Waals surface area contributed by atoms with Gasteiger partial charge in [0.15, 0.2) is 6.61 Å². The number of esters is 1. The Morgan fingerprint density at radius 1 is 1.04 bits per heavy atom. The molecule has 7 nitrogen and oxygen atoms in total. The minimum Gasteiger partial charge on any atom is -0.452 e. The molecular weight excluding hydrogens is 356 g/mol. The fourth-order valence-electron chi connectivity index (χ4n) is 2.15. The molecule has 3 N–H and O–H groups in total. The van der Waals surface area contributed by atoms with Crippen LogP contribution in [0.1, 0.15) is 21.5 Å². The average Bonchev–Trinajstić information content (AvgIpc) is 2.60. The topological polar surface area (TPSA) is 116 Å². The van der Waals surface area contributed by atoms with E-state index in [4.69, 9.17) is 9.88 Å². The second kappa shape index (κ2) is 8.59. The number of nitrogens with two attached hydrogens (primary N) is 1. The van der Waals surface area contributed by atoms with Gasteiger partial charge in [0.2, 0.25) is 10.0 Å². The van der Waals surface area contributed by atoms with Gasteiger partial charge in [0.25, 0.3) is 5.91 Å². The van der Waals surface area contributed by atoms with Crippen molar-refractivity contribution in [1.82, 2.24) is 5.32 Å². The number of amides is 1. The van der Waals surface area contributed by atoms with Crippen molar-refractivity contribution in [1.29, 1.82) is 0 Å². The number of rotatable bonds is 7. The summed E-state index contributed by atoms with van der Waals surface area (Å²) in [6.07, 6.45) is 0.503. The van der Waals surface area contributed by atoms with Crippen molar-refractivity contribution in [2.24, 2.45) is 5.14 Å². The third-order valence-electron chi connectivity index (χ3n) is 3.61. The third-order valence-corrected chi connectivity index (χ3v) is 4.54. The van der Waals surface area contributed by atoms with Crippen molar-refractivity contribution >= 4 is 21.9 Å². The number of benzene rings is 2. The molecule has 0 spiro atoms. The van der Waals surface area contributed by atoms with Gasteiger partial charge in [0, 0.05) is 6.54 Å². The predicted molar refractivity (Wildman–Crippen MR) is 96.0 cm³/mol.